The van der Waals surface area contributed by atoms with Gasteiger partial charge in [0.1, 0.15) is 5.82 Å². The van der Waals surface area contributed by atoms with Crippen molar-refractivity contribution in [1.82, 2.24) is 4.31 Å². The minimum absolute atomic E-state index is 0.0946. The standard InChI is InChI=1S/C22H21FN2O3S/c1-16(26)24-20-12-14-21(15-13-20)29(27,28)25(2)22(17-6-4-3-5-7-17)18-8-10-19(23)11-9-18/h3-15,22H,1-2H3,(H,24,26)/t22-/m0/s1. The molecule has 3 rings (SSSR count). The topological polar surface area (TPSA) is 66.5 Å². The first-order valence-electron chi connectivity index (χ1n) is 8.95. The molecule has 0 aromatic heterocycles. The fraction of sp³-hybridized carbons (Fsp3) is 0.136. The first kappa shape index (κ1) is 20.7. The molecular weight excluding hydrogens is 391 g/mol. The molecule has 0 unspecified atom stereocenters. The monoisotopic (exact) mass is 412 g/mol. The highest BCUT2D eigenvalue weighted by atomic mass is 32.2. The highest BCUT2D eigenvalue weighted by Gasteiger charge is 2.30. The molecule has 0 aliphatic heterocycles. The Bertz CT molecular complexity index is 1080. The normalized spacial score (nSPS) is 12.6. The van der Waals surface area contributed by atoms with E-state index in [9.17, 15) is 17.6 Å². The molecule has 150 valence electrons. The molecule has 29 heavy (non-hydrogen) atoms. The summed E-state index contributed by atoms with van der Waals surface area (Å²) in [5.41, 5.74) is 1.93. The van der Waals surface area contributed by atoms with E-state index in [2.05, 4.69) is 5.32 Å². The van der Waals surface area contributed by atoms with Crippen molar-refractivity contribution < 1.29 is 17.6 Å². The molecule has 1 N–H and O–H groups in total. The number of sulfonamides is 1. The van der Waals surface area contributed by atoms with Gasteiger partial charge in [-0.25, -0.2) is 12.8 Å². The second-order valence-corrected chi connectivity index (χ2v) is 8.59. The Morgan fingerprint density at radius 2 is 1.45 bits per heavy atom. The SMILES string of the molecule is CC(=O)Nc1ccc(S(=O)(=O)N(C)[C@@H](c2ccccc2)c2ccc(F)cc2)cc1. The number of benzene rings is 3. The summed E-state index contributed by atoms with van der Waals surface area (Å²) in [6, 6.07) is 20.3. The van der Waals surface area contributed by atoms with Crippen molar-refractivity contribution in [3.8, 4) is 0 Å². The molecule has 0 aliphatic rings. The molecule has 0 radical (unpaired) electrons. The number of nitrogens with zero attached hydrogens (tertiary/aromatic N) is 1. The van der Waals surface area contributed by atoms with E-state index >= 15 is 0 Å². The minimum Gasteiger partial charge on any atom is -0.326 e. The third kappa shape index (κ3) is 4.70. The van der Waals surface area contributed by atoms with Crippen molar-refractivity contribution >= 4 is 21.6 Å². The third-order valence-electron chi connectivity index (χ3n) is 4.52. The zero-order valence-corrected chi connectivity index (χ0v) is 16.9. The van der Waals surface area contributed by atoms with Crippen molar-refractivity contribution in [3.05, 3.63) is 95.8 Å². The summed E-state index contributed by atoms with van der Waals surface area (Å²) in [6.45, 7) is 1.38. The maximum Gasteiger partial charge on any atom is 0.243 e. The molecule has 0 saturated heterocycles. The average Bonchev–Trinajstić information content (AvgIpc) is 2.70. The lowest BCUT2D eigenvalue weighted by molar-refractivity contribution is -0.114. The molecule has 1 amide bonds. The van der Waals surface area contributed by atoms with Crippen LogP contribution in [0.1, 0.15) is 24.1 Å². The van der Waals surface area contributed by atoms with Crippen LogP contribution in [0, 0.1) is 5.82 Å². The molecule has 0 heterocycles. The second kappa shape index (κ2) is 8.55. The first-order chi connectivity index (χ1) is 13.8. The molecule has 7 heteroatoms. The van der Waals surface area contributed by atoms with E-state index in [0.717, 1.165) is 5.56 Å². The lowest BCUT2D eigenvalue weighted by Crippen LogP contribution is -2.32. The van der Waals surface area contributed by atoms with Gasteiger partial charge < -0.3 is 5.32 Å². The van der Waals surface area contributed by atoms with Crippen molar-refractivity contribution in [2.45, 2.75) is 17.9 Å². The molecular formula is C22H21FN2O3S. The van der Waals surface area contributed by atoms with E-state index in [0.29, 0.717) is 11.3 Å². The number of anilines is 1. The van der Waals surface area contributed by atoms with E-state index in [4.69, 9.17) is 0 Å². The Morgan fingerprint density at radius 1 is 0.897 bits per heavy atom. The largest absolute Gasteiger partial charge is 0.326 e. The van der Waals surface area contributed by atoms with E-state index in [1.807, 2.05) is 30.3 Å². The summed E-state index contributed by atoms with van der Waals surface area (Å²) >= 11 is 0. The molecule has 3 aromatic carbocycles. The Balaban J connectivity index is 2.01. The van der Waals surface area contributed by atoms with E-state index in [1.165, 1.54) is 54.7 Å². The van der Waals surface area contributed by atoms with Gasteiger partial charge in [0.05, 0.1) is 10.9 Å². The molecule has 0 spiro atoms. The van der Waals surface area contributed by atoms with Gasteiger partial charge in [0.2, 0.25) is 15.9 Å². The number of carbonyl (C=O) groups excluding carboxylic acids is 1. The lowest BCUT2D eigenvalue weighted by Gasteiger charge is -2.28. The third-order valence-corrected chi connectivity index (χ3v) is 6.35. The van der Waals surface area contributed by atoms with Gasteiger partial charge in [-0.15, -0.1) is 0 Å². The maximum atomic E-state index is 13.4. The summed E-state index contributed by atoms with van der Waals surface area (Å²) in [4.78, 5) is 11.3. The van der Waals surface area contributed by atoms with E-state index in [1.54, 1.807) is 12.1 Å². The molecule has 3 aromatic rings. The van der Waals surface area contributed by atoms with Crippen LogP contribution in [-0.4, -0.2) is 25.7 Å². The number of halogens is 1. The fourth-order valence-corrected chi connectivity index (χ4v) is 4.44. The van der Waals surface area contributed by atoms with Crippen molar-refractivity contribution in [2.24, 2.45) is 0 Å². The summed E-state index contributed by atoms with van der Waals surface area (Å²) in [5.74, 6) is -0.627. The first-order valence-corrected chi connectivity index (χ1v) is 10.4. The zero-order valence-electron chi connectivity index (χ0n) is 16.0. The summed E-state index contributed by atoms with van der Waals surface area (Å²) in [6.07, 6.45) is 0. The summed E-state index contributed by atoms with van der Waals surface area (Å²) in [7, 11) is -2.36. The Hall–Kier alpha value is -3.03. The zero-order chi connectivity index (χ0) is 21.0. The summed E-state index contributed by atoms with van der Waals surface area (Å²) < 4.78 is 41.3. The average molecular weight is 412 g/mol. The Morgan fingerprint density at radius 3 is 2.00 bits per heavy atom. The molecule has 0 fully saturated rings. The van der Waals surface area contributed by atoms with Gasteiger partial charge in [-0.2, -0.15) is 4.31 Å². The van der Waals surface area contributed by atoms with Gasteiger partial charge in [-0.1, -0.05) is 42.5 Å². The maximum absolute atomic E-state index is 13.4. The number of rotatable bonds is 6. The van der Waals surface area contributed by atoms with Gasteiger partial charge in [0.25, 0.3) is 0 Å². The molecule has 1 atom stereocenters. The Kier molecular flexibility index (Phi) is 6.10. The van der Waals surface area contributed by atoms with Crippen LogP contribution in [0.15, 0.2) is 83.8 Å². The molecule has 5 nitrogen and oxygen atoms in total. The Labute approximate surface area is 169 Å². The van der Waals surface area contributed by atoms with Crippen LogP contribution in [0.5, 0.6) is 0 Å². The van der Waals surface area contributed by atoms with Gasteiger partial charge >= 0.3 is 0 Å². The predicted molar refractivity (Wildman–Crippen MR) is 110 cm³/mol. The van der Waals surface area contributed by atoms with Crippen molar-refractivity contribution in [1.29, 1.82) is 0 Å². The molecule has 0 bridgehead atoms. The second-order valence-electron chi connectivity index (χ2n) is 6.59. The highest BCUT2D eigenvalue weighted by molar-refractivity contribution is 7.89. The quantitative estimate of drug-likeness (QED) is 0.660. The van der Waals surface area contributed by atoms with Gasteiger partial charge in [0.15, 0.2) is 0 Å². The number of carbonyl (C=O) groups is 1. The van der Waals surface area contributed by atoms with Crippen LogP contribution in [0.25, 0.3) is 0 Å². The van der Waals surface area contributed by atoms with Gasteiger partial charge in [0, 0.05) is 19.7 Å². The minimum atomic E-state index is -3.86. The number of nitrogens with one attached hydrogen (secondary N) is 1. The van der Waals surface area contributed by atoms with Crippen molar-refractivity contribution in [3.63, 3.8) is 0 Å². The van der Waals surface area contributed by atoms with Crippen LogP contribution in [0.2, 0.25) is 0 Å². The van der Waals surface area contributed by atoms with Gasteiger partial charge in [-0.05, 0) is 47.5 Å². The van der Waals surface area contributed by atoms with Crippen LogP contribution in [0.4, 0.5) is 10.1 Å². The fourth-order valence-electron chi connectivity index (χ4n) is 3.11. The van der Waals surface area contributed by atoms with Crippen LogP contribution in [-0.2, 0) is 14.8 Å². The molecule has 0 aliphatic carbocycles. The van der Waals surface area contributed by atoms with Gasteiger partial charge in [-0.3, -0.25) is 4.79 Å². The lowest BCUT2D eigenvalue weighted by atomic mass is 9.99. The van der Waals surface area contributed by atoms with Crippen LogP contribution in [0.3, 0.4) is 0 Å². The molecule has 0 saturated carbocycles. The van der Waals surface area contributed by atoms with E-state index < -0.39 is 16.1 Å². The number of hydrogen-bond donors (Lipinski definition) is 1. The predicted octanol–water partition coefficient (Wildman–Crippen LogP) is 4.19. The number of hydrogen-bond acceptors (Lipinski definition) is 3. The highest BCUT2D eigenvalue weighted by Crippen LogP contribution is 2.32. The van der Waals surface area contributed by atoms with Crippen molar-refractivity contribution in [2.75, 3.05) is 12.4 Å². The van der Waals surface area contributed by atoms with Crippen LogP contribution >= 0.6 is 0 Å². The smallest absolute Gasteiger partial charge is 0.243 e. The van der Waals surface area contributed by atoms with Crippen LogP contribution < -0.4 is 5.32 Å². The number of amides is 1. The summed E-state index contributed by atoms with van der Waals surface area (Å²) in [5, 5.41) is 2.61. The van der Waals surface area contributed by atoms with E-state index in [-0.39, 0.29) is 16.6 Å².